The summed E-state index contributed by atoms with van der Waals surface area (Å²) in [7, 11) is 4.23. The van der Waals surface area contributed by atoms with Crippen LogP contribution in [0.15, 0.2) is 18.3 Å². The Hall–Kier alpha value is -1.00. The van der Waals surface area contributed by atoms with Gasteiger partial charge in [0.25, 0.3) is 0 Å². The predicted octanol–water partition coefficient (Wildman–Crippen LogP) is 1.18. The zero-order valence-electron chi connectivity index (χ0n) is 9.05. The number of nitrogens with zero attached hydrogens (tertiary/aromatic N) is 3. The highest BCUT2D eigenvalue weighted by Crippen LogP contribution is 2.20. The Kier molecular flexibility index (Phi) is 2.98. The van der Waals surface area contributed by atoms with Crippen molar-refractivity contribution in [2.24, 2.45) is 0 Å². The van der Waals surface area contributed by atoms with Gasteiger partial charge in [0.05, 0.1) is 0 Å². The van der Waals surface area contributed by atoms with E-state index in [4.69, 9.17) is 12.2 Å². The van der Waals surface area contributed by atoms with Gasteiger partial charge >= 0.3 is 0 Å². The van der Waals surface area contributed by atoms with Gasteiger partial charge in [-0.1, -0.05) is 12.2 Å². The first kappa shape index (κ1) is 10.5. The van der Waals surface area contributed by atoms with Crippen LogP contribution in [0.3, 0.4) is 0 Å². The van der Waals surface area contributed by atoms with Crippen LogP contribution < -0.4 is 4.90 Å². The van der Waals surface area contributed by atoms with Crippen LogP contribution in [0.5, 0.6) is 0 Å². The molecule has 0 radical (unpaired) electrons. The molecular weight excluding hydrogens is 206 g/mol. The molecule has 2 heterocycles. The number of hydrogen-bond donors (Lipinski definition) is 0. The molecule has 80 valence electrons. The van der Waals surface area contributed by atoms with Crippen molar-refractivity contribution in [2.75, 3.05) is 32.1 Å². The lowest BCUT2D eigenvalue weighted by atomic mass is 10.1. The van der Waals surface area contributed by atoms with Gasteiger partial charge in [-0.25, -0.2) is 4.98 Å². The molecule has 1 aliphatic heterocycles. The Morgan fingerprint density at radius 1 is 1.53 bits per heavy atom. The Morgan fingerprint density at radius 2 is 2.27 bits per heavy atom. The Balaban J connectivity index is 2.03. The van der Waals surface area contributed by atoms with E-state index in [0.717, 1.165) is 24.5 Å². The number of pyridine rings is 1. The molecule has 4 heteroatoms. The molecule has 1 aromatic heterocycles. The Bertz CT molecular complexity index is 359. The van der Waals surface area contributed by atoms with Crippen LogP contribution in [0, 0.1) is 0 Å². The number of aromatic nitrogens is 1. The lowest BCUT2D eigenvalue weighted by Crippen LogP contribution is -2.57. The van der Waals surface area contributed by atoms with Gasteiger partial charge in [0.1, 0.15) is 5.82 Å². The van der Waals surface area contributed by atoms with E-state index in [1.807, 2.05) is 18.3 Å². The third-order valence-electron chi connectivity index (χ3n) is 2.82. The molecule has 0 N–H and O–H groups in total. The summed E-state index contributed by atoms with van der Waals surface area (Å²) < 4.78 is 0. The summed E-state index contributed by atoms with van der Waals surface area (Å²) >= 11 is 4.90. The summed E-state index contributed by atoms with van der Waals surface area (Å²) in [5.41, 5.74) is 1.06. The molecule has 0 unspecified atom stereocenters. The number of likely N-dealkylation sites (N-methyl/N-ethyl adjacent to an activating group) is 1. The molecular formula is C11H15N3S. The Labute approximate surface area is 95.7 Å². The summed E-state index contributed by atoms with van der Waals surface area (Å²) in [6.07, 6.45) is 1.82. The average Bonchev–Trinajstić information content (AvgIpc) is 2.15. The summed E-state index contributed by atoms with van der Waals surface area (Å²) in [6.45, 7) is 2.11. The van der Waals surface area contributed by atoms with Crippen LogP contribution in [0.25, 0.3) is 0 Å². The fourth-order valence-corrected chi connectivity index (χ4v) is 1.80. The van der Waals surface area contributed by atoms with Gasteiger partial charge in [0, 0.05) is 30.7 Å². The standard InChI is InChI=1S/C11H15N3S/c1-13(2)10-6-14(7-10)11-5-9(8-15)3-4-12-11/h3-5,8,10H,6-7H2,1-2H3. The van der Waals surface area contributed by atoms with Crippen molar-refractivity contribution in [3.8, 4) is 0 Å². The van der Waals surface area contributed by atoms with Gasteiger partial charge < -0.3 is 9.80 Å². The van der Waals surface area contributed by atoms with Crippen molar-refractivity contribution in [3.05, 3.63) is 23.9 Å². The first-order chi connectivity index (χ1) is 7.20. The SMILES string of the molecule is CN(C)C1CN(c2cc(C=S)ccn2)C1. The Morgan fingerprint density at radius 3 is 2.87 bits per heavy atom. The van der Waals surface area contributed by atoms with Crippen molar-refractivity contribution in [1.29, 1.82) is 0 Å². The van der Waals surface area contributed by atoms with Crippen molar-refractivity contribution in [1.82, 2.24) is 9.88 Å². The highest BCUT2D eigenvalue weighted by molar-refractivity contribution is 7.79. The molecule has 0 spiro atoms. The predicted molar refractivity (Wildman–Crippen MR) is 66.7 cm³/mol. The van der Waals surface area contributed by atoms with E-state index in [1.54, 1.807) is 5.37 Å². The van der Waals surface area contributed by atoms with Crippen molar-refractivity contribution in [2.45, 2.75) is 6.04 Å². The minimum atomic E-state index is 0.655. The van der Waals surface area contributed by atoms with E-state index < -0.39 is 0 Å². The maximum Gasteiger partial charge on any atom is 0.129 e. The zero-order valence-corrected chi connectivity index (χ0v) is 9.87. The number of anilines is 1. The molecule has 0 aromatic carbocycles. The van der Waals surface area contributed by atoms with Gasteiger partial charge in [-0.05, 0) is 31.8 Å². The second-order valence-corrected chi connectivity index (χ2v) is 4.32. The maximum atomic E-state index is 4.90. The average molecular weight is 221 g/mol. The summed E-state index contributed by atoms with van der Waals surface area (Å²) in [5, 5.41) is 1.69. The molecule has 0 bridgehead atoms. The minimum Gasteiger partial charge on any atom is -0.353 e. The van der Waals surface area contributed by atoms with Crippen LogP contribution in [0.4, 0.5) is 5.82 Å². The van der Waals surface area contributed by atoms with Crippen molar-refractivity contribution >= 4 is 23.4 Å². The van der Waals surface area contributed by atoms with E-state index >= 15 is 0 Å². The molecule has 0 atom stereocenters. The molecule has 15 heavy (non-hydrogen) atoms. The van der Waals surface area contributed by atoms with Gasteiger partial charge in [-0.15, -0.1) is 0 Å². The van der Waals surface area contributed by atoms with Crippen LogP contribution >= 0.6 is 12.2 Å². The van der Waals surface area contributed by atoms with Gasteiger partial charge in [0.2, 0.25) is 0 Å². The molecule has 2 rings (SSSR count). The molecule has 0 amide bonds. The highest BCUT2D eigenvalue weighted by atomic mass is 32.1. The number of thiocarbonyl (C=S) groups is 1. The largest absolute Gasteiger partial charge is 0.353 e. The van der Waals surface area contributed by atoms with Crippen LogP contribution in [0.2, 0.25) is 0 Å². The third kappa shape index (κ3) is 2.16. The summed E-state index contributed by atoms with van der Waals surface area (Å²) in [4.78, 5) is 8.86. The fraction of sp³-hybridized carbons (Fsp3) is 0.455. The number of hydrogen-bond acceptors (Lipinski definition) is 4. The summed E-state index contributed by atoms with van der Waals surface area (Å²) in [5.74, 6) is 1.03. The third-order valence-corrected chi connectivity index (χ3v) is 3.09. The van der Waals surface area contributed by atoms with Crippen LogP contribution in [0.1, 0.15) is 5.56 Å². The van der Waals surface area contributed by atoms with E-state index in [2.05, 4.69) is 28.9 Å². The second-order valence-electron chi connectivity index (χ2n) is 4.09. The molecule has 1 aromatic rings. The molecule has 1 saturated heterocycles. The highest BCUT2D eigenvalue weighted by Gasteiger charge is 2.28. The quantitative estimate of drug-likeness (QED) is 0.714. The lowest BCUT2D eigenvalue weighted by molar-refractivity contribution is 0.246. The first-order valence-electron chi connectivity index (χ1n) is 5.03. The van der Waals surface area contributed by atoms with Crippen molar-refractivity contribution in [3.63, 3.8) is 0 Å². The van der Waals surface area contributed by atoms with Crippen LogP contribution in [-0.2, 0) is 0 Å². The lowest BCUT2D eigenvalue weighted by Gasteiger charge is -2.43. The fourth-order valence-electron chi connectivity index (χ4n) is 1.65. The number of rotatable bonds is 3. The van der Waals surface area contributed by atoms with E-state index in [1.165, 1.54) is 0 Å². The van der Waals surface area contributed by atoms with Crippen LogP contribution in [-0.4, -0.2) is 48.5 Å². The second kappa shape index (κ2) is 4.24. The first-order valence-corrected chi connectivity index (χ1v) is 5.50. The topological polar surface area (TPSA) is 19.4 Å². The van der Waals surface area contributed by atoms with Gasteiger partial charge in [-0.2, -0.15) is 0 Å². The monoisotopic (exact) mass is 221 g/mol. The maximum absolute atomic E-state index is 4.90. The van der Waals surface area contributed by atoms with E-state index in [-0.39, 0.29) is 0 Å². The van der Waals surface area contributed by atoms with E-state index in [0.29, 0.717) is 6.04 Å². The van der Waals surface area contributed by atoms with Gasteiger partial charge in [-0.3, -0.25) is 0 Å². The molecule has 3 nitrogen and oxygen atoms in total. The molecule has 0 saturated carbocycles. The minimum absolute atomic E-state index is 0.655. The normalized spacial score (nSPS) is 16.6. The zero-order chi connectivity index (χ0) is 10.8. The summed E-state index contributed by atoms with van der Waals surface area (Å²) in [6, 6.07) is 4.63. The van der Waals surface area contributed by atoms with E-state index in [9.17, 15) is 0 Å². The smallest absolute Gasteiger partial charge is 0.129 e. The molecule has 1 fully saturated rings. The van der Waals surface area contributed by atoms with Crippen molar-refractivity contribution < 1.29 is 0 Å². The molecule has 1 aliphatic rings. The van der Waals surface area contributed by atoms with Gasteiger partial charge in [0.15, 0.2) is 0 Å². The molecule has 0 aliphatic carbocycles.